The summed E-state index contributed by atoms with van der Waals surface area (Å²) in [7, 11) is 0. The van der Waals surface area contributed by atoms with Gasteiger partial charge in [-0.15, -0.1) is 11.3 Å². The fraction of sp³-hybridized carbons (Fsp3) is 0.412. The van der Waals surface area contributed by atoms with Gasteiger partial charge in [0.05, 0.1) is 16.4 Å². The molecule has 5 nitrogen and oxygen atoms in total. The number of rotatable bonds is 2. The van der Waals surface area contributed by atoms with Crippen LogP contribution in [0.5, 0.6) is 0 Å². The zero-order chi connectivity index (χ0) is 17.5. The SMILES string of the molecule is CC(C)(C)CC(=O)N1CCc2nc(-c3ccc(Cl)cn3)sc2C1=O. The average Bonchev–Trinajstić information content (AvgIpc) is 2.91. The van der Waals surface area contributed by atoms with Crippen molar-refractivity contribution in [1.29, 1.82) is 0 Å². The van der Waals surface area contributed by atoms with Gasteiger partial charge in [-0.3, -0.25) is 19.5 Å². The first-order valence-corrected chi connectivity index (χ1v) is 8.90. The highest BCUT2D eigenvalue weighted by Gasteiger charge is 2.33. The number of amides is 2. The molecule has 0 aliphatic carbocycles. The number of imide groups is 1. The summed E-state index contributed by atoms with van der Waals surface area (Å²) in [4.78, 5) is 35.7. The molecule has 0 saturated heterocycles. The zero-order valence-corrected chi connectivity index (χ0v) is 15.4. The number of carbonyl (C=O) groups excluding carboxylic acids is 2. The van der Waals surface area contributed by atoms with Crippen molar-refractivity contribution >= 4 is 34.8 Å². The summed E-state index contributed by atoms with van der Waals surface area (Å²) in [6, 6.07) is 3.52. The lowest BCUT2D eigenvalue weighted by Gasteiger charge is -2.27. The van der Waals surface area contributed by atoms with Gasteiger partial charge in [0.15, 0.2) is 0 Å². The topological polar surface area (TPSA) is 63.2 Å². The second-order valence-corrected chi connectivity index (χ2v) is 8.43. The molecule has 0 aromatic carbocycles. The zero-order valence-electron chi connectivity index (χ0n) is 13.8. The van der Waals surface area contributed by atoms with Crippen molar-refractivity contribution in [2.75, 3.05) is 6.54 Å². The minimum atomic E-state index is -0.247. The molecule has 1 aliphatic heterocycles. The summed E-state index contributed by atoms with van der Waals surface area (Å²) in [5.74, 6) is -0.374. The van der Waals surface area contributed by atoms with Gasteiger partial charge in [-0.05, 0) is 17.5 Å². The number of aromatic nitrogens is 2. The van der Waals surface area contributed by atoms with E-state index in [1.54, 1.807) is 18.3 Å². The van der Waals surface area contributed by atoms with Crippen LogP contribution in [0.1, 0.15) is 42.6 Å². The van der Waals surface area contributed by atoms with Crippen molar-refractivity contribution in [3.8, 4) is 10.7 Å². The Balaban J connectivity index is 1.86. The molecule has 2 amide bonds. The highest BCUT2D eigenvalue weighted by molar-refractivity contribution is 7.17. The van der Waals surface area contributed by atoms with Crippen LogP contribution in [0.15, 0.2) is 18.3 Å². The van der Waals surface area contributed by atoms with Gasteiger partial charge >= 0.3 is 0 Å². The molecule has 2 aromatic rings. The number of nitrogens with zero attached hydrogens (tertiary/aromatic N) is 3. The molecule has 0 bridgehead atoms. The molecule has 3 rings (SSSR count). The Morgan fingerprint density at radius 3 is 2.75 bits per heavy atom. The van der Waals surface area contributed by atoms with Gasteiger partial charge in [-0.25, -0.2) is 4.98 Å². The number of thiazole rings is 1. The normalized spacial score (nSPS) is 14.7. The first-order chi connectivity index (χ1) is 11.2. The van der Waals surface area contributed by atoms with Crippen molar-refractivity contribution < 1.29 is 9.59 Å². The summed E-state index contributed by atoms with van der Waals surface area (Å²) in [6.45, 7) is 6.35. The molecule has 2 aromatic heterocycles. The lowest BCUT2D eigenvalue weighted by Crippen LogP contribution is -2.42. The minimum Gasteiger partial charge on any atom is -0.277 e. The average molecular weight is 364 g/mol. The van der Waals surface area contributed by atoms with Crippen LogP contribution < -0.4 is 0 Å². The maximum absolute atomic E-state index is 12.7. The van der Waals surface area contributed by atoms with Crippen molar-refractivity contribution in [3.63, 3.8) is 0 Å². The van der Waals surface area contributed by atoms with Crippen LogP contribution >= 0.6 is 22.9 Å². The van der Waals surface area contributed by atoms with Crippen molar-refractivity contribution in [2.24, 2.45) is 5.41 Å². The van der Waals surface area contributed by atoms with Crippen LogP contribution in [0.2, 0.25) is 5.02 Å². The van der Waals surface area contributed by atoms with Crippen molar-refractivity contribution in [2.45, 2.75) is 33.6 Å². The molecule has 3 heterocycles. The van der Waals surface area contributed by atoms with Crippen LogP contribution in [0, 0.1) is 5.41 Å². The Morgan fingerprint density at radius 2 is 2.12 bits per heavy atom. The van der Waals surface area contributed by atoms with E-state index in [2.05, 4.69) is 9.97 Å². The van der Waals surface area contributed by atoms with E-state index in [1.165, 1.54) is 16.2 Å². The van der Waals surface area contributed by atoms with Crippen molar-refractivity contribution in [3.05, 3.63) is 33.9 Å². The van der Waals surface area contributed by atoms with Crippen LogP contribution in [0.25, 0.3) is 10.7 Å². The molecule has 0 atom stereocenters. The van der Waals surface area contributed by atoms with E-state index in [1.807, 2.05) is 20.8 Å². The first kappa shape index (κ1) is 17.0. The summed E-state index contributed by atoms with van der Waals surface area (Å²) < 4.78 is 0. The third-order valence-electron chi connectivity index (χ3n) is 3.64. The Labute approximate surface area is 149 Å². The van der Waals surface area contributed by atoms with E-state index in [9.17, 15) is 9.59 Å². The minimum absolute atomic E-state index is 0.127. The first-order valence-electron chi connectivity index (χ1n) is 7.71. The van der Waals surface area contributed by atoms with E-state index in [4.69, 9.17) is 11.6 Å². The van der Waals surface area contributed by atoms with Gasteiger partial charge in [0.1, 0.15) is 9.88 Å². The fourth-order valence-electron chi connectivity index (χ4n) is 2.53. The summed E-state index contributed by atoms with van der Waals surface area (Å²) in [5, 5.41) is 1.23. The van der Waals surface area contributed by atoms with Gasteiger partial charge < -0.3 is 0 Å². The van der Waals surface area contributed by atoms with E-state index in [-0.39, 0.29) is 17.2 Å². The maximum atomic E-state index is 12.7. The monoisotopic (exact) mass is 363 g/mol. The second-order valence-electron chi connectivity index (χ2n) is 6.99. The third-order valence-corrected chi connectivity index (χ3v) is 4.97. The maximum Gasteiger partial charge on any atom is 0.272 e. The molecule has 0 unspecified atom stereocenters. The fourth-order valence-corrected chi connectivity index (χ4v) is 3.68. The van der Waals surface area contributed by atoms with Gasteiger partial charge in [0, 0.05) is 25.6 Å². The molecular formula is C17H18ClN3O2S. The van der Waals surface area contributed by atoms with E-state index >= 15 is 0 Å². The summed E-state index contributed by atoms with van der Waals surface area (Å²) in [5.41, 5.74) is 1.28. The molecule has 0 fully saturated rings. The number of fused-ring (bicyclic) bond motifs is 1. The van der Waals surface area contributed by atoms with Gasteiger partial charge in [0.2, 0.25) is 5.91 Å². The summed E-state index contributed by atoms with van der Waals surface area (Å²) in [6.07, 6.45) is 2.48. The molecule has 126 valence electrons. The summed E-state index contributed by atoms with van der Waals surface area (Å²) >= 11 is 7.13. The standard InChI is InChI=1S/C17H18ClN3O2S/c1-17(2,3)8-13(22)21-7-6-11-14(16(21)23)24-15(20-11)12-5-4-10(18)9-19-12/h4-5,9H,6-8H2,1-3H3. The molecule has 0 spiro atoms. The van der Waals surface area contributed by atoms with E-state index in [0.717, 1.165) is 5.69 Å². The van der Waals surface area contributed by atoms with Gasteiger partial charge in [-0.2, -0.15) is 0 Å². The predicted octanol–water partition coefficient (Wildman–Crippen LogP) is 3.82. The Hall–Kier alpha value is -1.79. The lowest BCUT2D eigenvalue weighted by molar-refractivity contribution is -0.130. The smallest absolute Gasteiger partial charge is 0.272 e. The number of carbonyl (C=O) groups is 2. The molecule has 24 heavy (non-hydrogen) atoms. The Kier molecular flexibility index (Phi) is 4.44. The van der Waals surface area contributed by atoms with Gasteiger partial charge in [0.25, 0.3) is 5.91 Å². The third kappa shape index (κ3) is 3.49. The predicted molar refractivity (Wildman–Crippen MR) is 94.2 cm³/mol. The van der Waals surface area contributed by atoms with E-state index < -0.39 is 0 Å². The highest BCUT2D eigenvalue weighted by atomic mass is 35.5. The van der Waals surface area contributed by atoms with Crippen LogP contribution in [0.4, 0.5) is 0 Å². The second kappa shape index (κ2) is 6.26. The number of pyridine rings is 1. The molecular weight excluding hydrogens is 346 g/mol. The number of halogens is 1. The molecule has 1 aliphatic rings. The highest BCUT2D eigenvalue weighted by Crippen LogP contribution is 2.32. The largest absolute Gasteiger partial charge is 0.277 e. The Morgan fingerprint density at radius 1 is 1.38 bits per heavy atom. The lowest BCUT2D eigenvalue weighted by atomic mass is 9.91. The molecule has 7 heteroatoms. The number of hydrogen-bond acceptors (Lipinski definition) is 5. The molecule has 0 radical (unpaired) electrons. The van der Waals surface area contributed by atoms with Crippen molar-refractivity contribution in [1.82, 2.24) is 14.9 Å². The van der Waals surface area contributed by atoms with Crippen LogP contribution in [-0.2, 0) is 11.2 Å². The quantitative estimate of drug-likeness (QED) is 0.813. The van der Waals surface area contributed by atoms with Gasteiger partial charge in [-0.1, -0.05) is 32.4 Å². The van der Waals surface area contributed by atoms with Crippen LogP contribution in [-0.4, -0.2) is 33.2 Å². The Bertz CT molecular complexity index is 793. The number of hydrogen-bond donors (Lipinski definition) is 0. The van der Waals surface area contributed by atoms with E-state index in [0.29, 0.717) is 40.0 Å². The molecule has 0 saturated carbocycles. The van der Waals surface area contributed by atoms with Crippen LogP contribution in [0.3, 0.4) is 0 Å². The molecule has 0 N–H and O–H groups in total.